The predicted octanol–water partition coefficient (Wildman–Crippen LogP) is 2.76. The molecule has 1 heterocycles. The molecule has 0 radical (unpaired) electrons. The van der Waals surface area contributed by atoms with Gasteiger partial charge in [-0.25, -0.2) is 0 Å². The van der Waals surface area contributed by atoms with Crippen LogP contribution in [0.3, 0.4) is 0 Å². The van der Waals surface area contributed by atoms with Gasteiger partial charge in [0.2, 0.25) is 5.91 Å². The number of carbonyl (C=O) groups is 5. The third kappa shape index (κ3) is 5.03. The van der Waals surface area contributed by atoms with Gasteiger partial charge in [-0.15, -0.1) is 0 Å². The van der Waals surface area contributed by atoms with Crippen LogP contribution in [0.4, 0.5) is 5.69 Å². The zero-order chi connectivity index (χ0) is 24.9. The minimum absolute atomic E-state index is 0.101. The van der Waals surface area contributed by atoms with Gasteiger partial charge in [0, 0.05) is 40.7 Å². The summed E-state index contributed by atoms with van der Waals surface area (Å²) < 4.78 is 4.47. The van der Waals surface area contributed by atoms with Gasteiger partial charge in [0.15, 0.2) is 0 Å². The molecule has 178 valence electrons. The van der Waals surface area contributed by atoms with Gasteiger partial charge < -0.3 is 15.4 Å². The lowest BCUT2D eigenvalue weighted by molar-refractivity contribution is -0.139. The number of hydrogen-bond donors (Lipinski definition) is 2. The van der Waals surface area contributed by atoms with Crippen molar-refractivity contribution in [2.75, 3.05) is 25.5 Å². The molecule has 3 aromatic rings. The Balaban J connectivity index is 1.30. The number of carbonyl (C=O) groups excluding carboxylic acids is 5. The van der Waals surface area contributed by atoms with Crippen LogP contribution in [0.1, 0.15) is 43.9 Å². The Bertz CT molecular complexity index is 1280. The van der Waals surface area contributed by atoms with Crippen LogP contribution in [0.25, 0.3) is 10.8 Å². The first-order valence-electron chi connectivity index (χ1n) is 11.0. The molecular weight excluding hydrogens is 450 g/mol. The van der Waals surface area contributed by atoms with E-state index < -0.39 is 11.9 Å². The van der Waals surface area contributed by atoms with Gasteiger partial charge in [-0.1, -0.05) is 24.3 Å². The molecule has 0 atom stereocenters. The van der Waals surface area contributed by atoms with Crippen LogP contribution in [0.5, 0.6) is 0 Å². The second-order valence-electron chi connectivity index (χ2n) is 7.96. The number of hydrogen-bond acceptors (Lipinski definition) is 6. The fraction of sp³-hybridized carbons (Fsp3) is 0.192. The van der Waals surface area contributed by atoms with Crippen LogP contribution in [0, 0.1) is 0 Å². The number of anilines is 1. The number of nitrogens with zero attached hydrogens (tertiary/aromatic N) is 1. The fourth-order valence-electron chi connectivity index (χ4n) is 3.94. The number of ether oxygens (including phenoxy) is 1. The minimum atomic E-state index is -0.559. The highest BCUT2D eigenvalue weighted by Crippen LogP contribution is 2.30. The van der Waals surface area contributed by atoms with Gasteiger partial charge >= 0.3 is 5.97 Å². The number of methoxy groups -OCH3 is 1. The van der Waals surface area contributed by atoms with Crippen molar-refractivity contribution in [1.82, 2.24) is 10.2 Å². The lowest BCUT2D eigenvalue weighted by Gasteiger charge is -2.27. The molecule has 0 saturated heterocycles. The summed E-state index contributed by atoms with van der Waals surface area (Å²) >= 11 is 0. The summed E-state index contributed by atoms with van der Waals surface area (Å²) in [7, 11) is 1.23. The Morgan fingerprint density at radius 2 is 1.51 bits per heavy atom. The molecule has 9 heteroatoms. The second-order valence-corrected chi connectivity index (χ2v) is 7.96. The summed E-state index contributed by atoms with van der Waals surface area (Å²) in [5.74, 6) is -2.01. The van der Waals surface area contributed by atoms with E-state index in [1.807, 2.05) is 12.1 Å². The monoisotopic (exact) mass is 473 g/mol. The fourth-order valence-corrected chi connectivity index (χ4v) is 3.94. The van der Waals surface area contributed by atoms with Gasteiger partial charge in [0.1, 0.15) is 6.54 Å². The maximum atomic E-state index is 12.9. The van der Waals surface area contributed by atoms with E-state index in [0.717, 1.165) is 5.39 Å². The van der Waals surface area contributed by atoms with E-state index in [4.69, 9.17) is 0 Å². The maximum Gasteiger partial charge on any atom is 0.325 e. The first kappa shape index (κ1) is 23.6. The normalized spacial score (nSPS) is 12.4. The van der Waals surface area contributed by atoms with Gasteiger partial charge in [-0.2, -0.15) is 0 Å². The molecule has 3 aromatic carbocycles. The summed E-state index contributed by atoms with van der Waals surface area (Å²) in [6.07, 6.45) is 0.403. The first-order chi connectivity index (χ1) is 16.9. The Morgan fingerprint density at radius 3 is 2.11 bits per heavy atom. The van der Waals surface area contributed by atoms with Crippen molar-refractivity contribution in [2.45, 2.75) is 12.8 Å². The average Bonchev–Trinajstić information content (AvgIpc) is 2.87. The van der Waals surface area contributed by atoms with Crippen molar-refractivity contribution < 1.29 is 28.7 Å². The first-order valence-corrected chi connectivity index (χ1v) is 11.0. The molecule has 4 amide bonds. The van der Waals surface area contributed by atoms with Crippen molar-refractivity contribution in [3.63, 3.8) is 0 Å². The quantitative estimate of drug-likeness (QED) is 0.383. The van der Waals surface area contributed by atoms with Gasteiger partial charge in [0.25, 0.3) is 17.7 Å². The maximum absolute atomic E-state index is 12.9. The molecule has 1 aliphatic heterocycles. The third-order valence-electron chi connectivity index (χ3n) is 5.69. The predicted molar refractivity (Wildman–Crippen MR) is 128 cm³/mol. The molecule has 0 unspecified atom stereocenters. The van der Waals surface area contributed by atoms with E-state index >= 15 is 0 Å². The highest BCUT2D eigenvalue weighted by molar-refractivity contribution is 6.25. The van der Waals surface area contributed by atoms with Crippen LogP contribution in [0.2, 0.25) is 0 Å². The van der Waals surface area contributed by atoms with Gasteiger partial charge in [-0.05, 0) is 48.2 Å². The number of rotatable bonds is 8. The summed E-state index contributed by atoms with van der Waals surface area (Å²) in [5.41, 5.74) is 1.78. The van der Waals surface area contributed by atoms with Crippen LogP contribution in [-0.4, -0.2) is 54.7 Å². The van der Waals surface area contributed by atoms with Crippen molar-refractivity contribution in [3.8, 4) is 0 Å². The van der Waals surface area contributed by atoms with E-state index in [1.54, 1.807) is 36.4 Å². The molecule has 0 aromatic heterocycles. The molecule has 0 aliphatic carbocycles. The molecule has 9 nitrogen and oxygen atoms in total. The van der Waals surface area contributed by atoms with Gasteiger partial charge in [-0.3, -0.25) is 28.9 Å². The number of esters is 1. The molecule has 0 bridgehead atoms. The number of imide groups is 1. The summed E-state index contributed by atoms with van der Waals surface area (Å²) in [6.45, 7) is -0.119. The van der Waals surface area contributed by atoms with Gasteiger partial charge in [0.05, 0.1) is 7.11 Å². The molecule has 0 saturated carbocycles. The summed E-state index contributed by atoms with van der Waals surface area (Å²) in [4.78, 5) is 62.5. The molecule has 0 fully saturated rings. The van der Waals surface area contributed by atoms with Crippen molar-refractivity contribution in [2.24, 2.45) is 0 Å². The summed E-state index contributed by atoms with van der Waals surface area (Å²) in [5, 5.41) is 6.66. The zero-order valence-corrected chi connectivity index (χ0v) is 19.0. The Kier molecular flexibility index (Phi) is 6.86. The van der Waals surface area contributed by atoms with Crippen LogP contribution < -0.4 is 10.6 Å². The van der Waals surface area contributed by atoms with Crippen molar-refractivity contribution in [1.29, 1.82) is 0 Å². The topological polar surface area (TPSA) is 122 Å². The minimum Gasteiger partial charge on any atom is -0.468 e. The van der Waals surface area contributed by atoms with E-state index in [0.29, 0.717) is 34.2 Å². The zero-order valence-electron chi connectivity index (χ0n) is 19.0. The average molecular weight is 473 g/mol. The van der Waals surface area contributed by atoms with Crippen LogP contribution in [-0.2, 0) is 14.3 Å². The molecule has 35 heavy (non-hydrogen) atoms. The third-order valence-corrected chi connectivity index (χ3v) is 5.69. The lowest BCUT2D eigenvalue weighted by Crippen LogP contribution is -2.41. The standard InChI is InChI=1S/C26H23N3O6/c1-35-22(31)15-27-24(32)17-10-12-18(13-11-17)28-21(30)9-4-14-29-25(33)19-7-2-5-16-6-3-8-20(23(16)19)26(29)34/h2-3,5-8,10-13H,4,9,14-15H2,1H3,(H,27,32)(H,28,30). The molecule has 1 aliphatic rings. The number of benzene rings is 3. The number of nitrogens with one attached hydrogen (secondary N) is 2. The Hall–Kier alpha value is -4.53. The van der Waals surface area contributed by atoms with E-state index in [2.05, 4.69) is 15.4 Å². The van der Waals surface area contributed by atoms with Crippen LogP contribution >= 0.6 is 0 Å². The SMILES string of the molecule is COC(=O)CNC(=O)c1ccc(NC(=O)CCCN2C(=O)c3cccc4cccc(c34)C2=O)cc1. The number of amides is 4. The molecule has 2 N–H and O–H groups in total. The van der Waals surface area contributed by atoms with Crippen molar-refractivity contribution >= 4 is 46.1 Å². The smallest absolute Gasteiger partial charge is 0.325 e. The van der Waals surface area contributed by atoms with Crippen molar-refractivity contribution in [3.05, 3.63) is 77.4 Å². The largest absolute Gasteiger partial charge is 0.468 e. The van der Waals surface area contributed by atoms with E-state index in [1.165, 1.54) is 24.1 Å². The van der Waals surface area contributed by atoms with E-state index in [-0.39, 0.29) is 37.2 Å². The Labute approximate surface area is 201 Å². The second kappa shape index (κ2) is 10.2. The molecular formula is C26H23N3O6. The van der Waals surface area contributed by atoms with Crippen LogP contribution in [0.15, 0.2) is 60.7 Å². The highest BCUT2D eigenvalue weighted by atomic mass is 16.5. The molecule has 4 rings (SSSR count). The Morgan fingerprint density at radius 1 is 0.886 bits per heavy atom. The molecule has 0 spiro atoms. The lowest BCUT2D eigenvalue weighted by atomic mass is 9.94. The highest BCUT2D eigenvalue weighted by Gasteiger charge is 2.32. The summed E-state index contributed by atoms with van der Waals surface area (Å²) in [6, 6.07) is 16.9. The van der Waals surface area contributed by atoms with E-state index in [9.17, 15) is 24.0 Å².